The summed E-state index contributed by atoms with van der Waals surface area (Å²) in [5, 5.41) is 5.79. The molecule has 0 spiro atoms. The summed E-state index contributed by atoms with van der Waals surface area (Å²) >= 11 is 0. The first-order valence-corrected chi connectivity index (χ1v) is 15.4. The summed E-state index contributed by atoms with van der Waals surface area (Å²) < 4.78 is 12.4. The molecule has 1 saturated heterocycles. The fourth-order valence-electron chi connectivity index (χ4n) is 6.13. The highest BCUT2D eigenvalue weighted by Crippen LogP contribution is 2.34. The second-order valence-corrected chi connectivity index (χ2v) is 12.4. The molecule has 2 aromatic carbocycles. The minimum absolute atomic E-state index is 0.111. The van der Waals surface area contributed by atoms with Gasteiger partial charge >= 0.3 is 0 Å². The van der Waals surface area contributed by atoms with E-state index in [0.29, 0.717) is 30.2 Å². The summed E-state index contributed by atoms with van der Waals surface area (Å²) in [6.07, 6.45) is 5.06. The number of ketones is 2. The highest BCUT2D eigenvalue weighted by Gasteiger charge is 2.50. The maximum Gasteiger partial charge on any atom is 0.287 e. The maximum atomic E-state index is 13.9. The number of Topliss-reactive ketones (excluding diaryl/α,β-unsaturated/α-hetero) is 2. The zero-order valence-electron chi connectivity index (χ0n) is 25.9. The van der Waals surface area contributed by atoms with Crippen molar-refractivity contribution in [1.82, 2.24) is 20.2 Å². The third kappa shape index (κ3) is 7.18. The second kappa shape index (κ2) is 13.3. The van der Waals surface area contributed by atoms with Crippen molar-refractivity contribution >= 4 is 34.4 Å². The van der Waals surface area contributed by atoms with E-state index < -0.39 is 29.5 Å². The number of fused-ring (bicyclic) bond motifs is 1. The molecule has 2 amide bonds. The molecule has 2 N–H and O–H groups in total. The summed E-state index contributed by atoms with van der Waals surface area (Å²) in [6, 6.07) is 13.2. The number of aromatic nitrogens is 2. The van der Waals surface area contributed by atoms with Crippen LogP contribution in [0.5, 0.6) is 5.75 Å². The first kappa shape index (κ1) is 31.4. The number of hydrogen-bond acceptors (Lipinski definition) is 7. The van der Waals surface area contributed by atoms with E-state index in [0.717, 1.165) is 36.8 Å². The molecule has 1 saturated carbocycles. The van der Waals surface area contributed by atoms with Gasteiger partial charge in [0, 0.05) is 19.4 Å². The molecule has 4 atom stereocenters. The molecule has 1 aromatic heterocycles. The standard InChI is InChI=1S/C34H42N4O6/c1-21(35-33(42)31-36-26-11-7-8-12-28(26)38(31)3)29(39)19-24(17-23-13-15-25(43-4)16-14-23)32(41)37-27(18-22-9-5-6-10-22)30(40)34(2)20-44-34/h7-8,11-16,21-22,24,27H,5-6,9-10,17-20H2,1-4H3,(H,35,42)(H,37,41). The van der Waals surface area contributed by atoms with Gasteiger partial charge in [-0.1, -0.05) is 49.9 Å². The summed E-state index contributed by atoms with van der Waals surface area (Å²) in [6.45, 7) is 3.72. The van der Waals surface area contributed by atoms with Gasteiger partial charge in [-0.2, -0.15) is 0 Å². The van der Waals surface area contributed by atoms with Crippen molar-refractivity contribution in [3.63, 3.8) is 0 Å². The number of amides is 2. The number of nitrogens with zero attached hydrogens (tertiary/aromatic N) is 2. The number of carbonyl (C=O) groups excluding carboxylic acids is 4. The van der Waals surface area contributed by atoms with Crippen molar-refractivity contribution in [2.45, 2.75) is 76.5 Å². The van der Waals surface area contributed by atoms with E-state index in [2.05, 4.69) is 15.6 Å². The lowest BCUT2D eigenvalue weighted by Crippen LogP contribution is -2.49. The molecule has 0 radical (unpaired) electrons. The van der Waals surface area contributed by atoms with Gasteiger partial charge in [0.15, 0.2) is 17.4 Å². The van der Waals surface area contributed by atoms with Crippen molar-refractivity contribution in [3.8, 4) is 5.75 Å². The van der Waals surface area contributed by atoms with Gasteiger partial charge in [0.05, 0.1) is 36.8 Å². The minimum Gasteiger partial charge on any atom is -0.497 e. The molecule has 10 heteroatoms. The van der Waals surface area contributed by atoms with E-state index in [1.54, 1.807) is 32.6 Å². The Morgan fingerprint density at radius 3 is 2.39 bits per heavy atom. The Hall–Kier alpha value is -4.05. The van der Waals surface area contributed by atoms with Crippen LogP contribution in [-0.4, -0.2) is 64.3 Å². The fourth-order valence-corrected chi connectivity index (χ4v) is 6.13. The average Bonchev–Trinajstić information content (AvgIpc) is 3.40. The van der Waals surface area contributed by atoms with E-state index >= 15 is 0 Å². The highest BCUT2D eigenvalue weighted by atomic mass is 16.6. The van der Waals surface area contributed by atoms with Crippen LogP contribution in [0, 0.1) is 11.8 Å². The number of methoxy groups -OCH3 is 1. The van der Waals surface area contributed by atoms with Crippen LogP contribution in [0.1, 0.15) is 68.6 Å². The number of aryl methyl sites for hydroxylation is 1. The predicted molar refractivity (Wildman–Crippen MR) is 165 cm³/mol. The molecule has 0 bridgehead atoms. The lowest BCUT2D eigenvalue weighted by atomic mass is 9.88. The Bertz CT molecular complexity index is 1520. The van der Waals surface area contributed by atoms with Crippen LogP contribution in [0.3, 0.4) is 0 Å². The van der Waals surface area contributed by atoms with Gasteiger partial charge in [-0.25, -0.2) is 4.98 Å². The van der Waals surface area contributed by atoms with Crippen LogP contribution in [-0.2, 0) is 32.6 Å². The van der Waals surface area contributed by atoms with Crippen molar-refractivity contribution in [3.05, 3.63) is 59.9 Å². The number of ether oxygens (including phenoxy) is 2. The molecule has 1 aliphatic carbocycles. The van der Waals surface area contributed by atoms with Crippen LogP contribution in [0.15, 0.2) is 48.5 Å². The Kier molecular flexibility index (Phi) is 9.48. The molecule has 10 nitrogen and oxygen atoms in total. The minimum atomic E-state index is -0.869. The van der Waals surface area contributed by atoms with Gasteiger partial charge in [0.25, 0.3) is 5.91 Å². The van der Waals surface area contributed by atoms with E-state index in [4.69, 9.17) is 9.47 Å². The lowest BCUT2D eigenvalue weighted by molar-refractivity contribution is -0.134. The Morgan fingerprint density at radius 2 is 1.75 bits per heavy atom. The number of rotatable bonds is 14. The number of hydrogen-bond donors (Lipinski definition) is 2. The van der Waals surface area contributed by atoms with Crippen LogP contribution in [0.2, 0.25) is 0 Å². The molecule has 5 rings (SSSR count). The lowest BCUT2D eigenvalue weighted by Gasteiger charge is -2.26. The van der Waals surface area contributed by atoms with Crippen molar-refractivity contribution in [2.75, 3.05) is 13.7 Å². The largest absolute Gasteiger partial charge is 0.497 e. The van der Waals surface area contributed by atoms with Gasteiger partial charge in [0.1, 0.15) is 11.4 Å². The van der Waals surface area contributed by atoms with Crippen LogP contribution >= 0.6 is 0 Å². The predicted octanol–water partition coefficient (Wildman–Crippen LogP) is 3.94. The molecule has 2 fully saturated rings. The third-order valence-corrected chi connectivity index (χ3v) is 9.06. The molecule has 234 valence electrons. The van der Waals surface area contributed by atoms with Crippen molar-refractivity contribution in [2.24, 2.45) is 18.9 Å². The summed E-state index contributed by atoms with van der Waals surface area (Å²) in [4.78, 5) is 58.3. The SMILES string of the molecule is COc1ccc(CC(CC(=O)C(C)NC(=O)c2nc3ccccc3n2C)C(=O)NC(CC2CCCC2)C(=O)C2(C)CO2)cc1. The van der Waals surface area contributed by atoms with Crippen molar-refractivity contribution in [1.29, 1.82) is 0 Å². The molecule has 4 unspecified atom stereocenters. The number of benzene rings is 2. The van der Waals surface area contributed by atoms with E-state index in [9.17, 15) is 19.2 Å². The number of para-hydroxylation sites is 2. The molecular formula is C34H42N4O6. The molecule has 2 aliphatic rings. The Labute approximate surface area is 257 Å². The zero-order chi connectivity index (χ0) is 31.4. The second-order valence-electron chi connectivity index (χ2n) is 12.4. The maximum absolute atomic E-state index is 13.9. The van der Waals surface area contributed by atoms with Crippen LogP contribution in [0.25, 0.3) is 11.0 Å². The molecule has 44 heavy (non-hydrogen) atoms. The van der Waals surface area contributed by atoms with E-state index in [1.165, 1.54) is 0 Å². The van der Waals surface area contributed by atoms with Gasteiger partial charge < -0.3 is 24.7 Å². The zero-order valence-corrected chi connectivity index (χ0v) is 25.9. The normalized spacial score (nSPS) is 20.1. The van der Waals surface area contributed by atoms with Gasteiger partial charge in [-0.3, -0.25) is 19.2 Å². The number of imidazole rings is 1. The number of epoxide rings is 1. The number of nitrogens with one attached hydrogen (secondary N) is 2. The summed E-state index contributed by atoms with van der Waals surface area (Å²) in [5.41, 5.74) is 1.47. The first-order chi connectivity index (χ1) is 21.1. The summed E-state index contributed by atoms with van der Waals surface area (Å²) in [7, 11) is 3.33. The Morgan fingerprint density at radius 1 is 1.07 bits per heavy atom. The average molecular weight is 603 g/mol. The molecule has 2 heterocycles. The topological polar surface area (TPSA) is 132 Å². The fraction of sp³-hybridized carbons (Fsp3) is 0.500. The molecular weight excluding hydrogens is 560 g/mol. The summed E-state index contributed by atoms with van der Waals surface area (Å²) in [5.74, 6) is -0.739. The highest BCUT2D eigenvalue weighted by molar-refractivity contribution is 6.00. The van der Waals surface area contributed by atoms with Gasteiger partial charge in [-0.15, -0.1) is 0 Å². The third-order valence-electron chi connectivity index (χ3n) is 9.06. The van der Waals surface area contributed by atoms with Crippen LogP contribution in [0.4, 0.5) is 0 Å². The van der Waals surface area contributed by atoms with E-state index in [1.807, 2.05) is 48.5 Å². The Balaban J connectivity index is 1.31. The van der Waals surface area contributed by atoms with Gasteiger partial charge in [0.2, 0.25) is 5.91 Å². The van der Waals surface area contributed by atoms with E-state index in [-0.39, 0.29) is 36.1 Å². The number of carbonyl (C=O) groups is 4. The molecule has 1 aliphatic heterocycles. The van der Waals surface area contributed by atoms with Crippen molar-refractivity contribution < 1.29 is 28.7 Å². The smallest absolute Gasteiger partial charge is 0.287 e. The molecule has 3 aromatic rings. The van der Waals surface area contributed by atoms with Crippen LogP contribution < -0.4 is 15.4 Å². The monoisotopic (exact) mass is 602 g/mol. The quantitative estimate of drug-likeness (QED) is 0.267. The van der Waals surface area contributed by atoms with Gasteiger partial charge in [-0.05, 0) is 62.4 Å². The first-order valence-electron chi connectivity index (χ1n) is 15.4.